The number of carbonyl (C=O) groups excluding carboxylic acids is 1. The van der Waals surface area contributed by atoms with Gasteiger partial charge in [0.05, 0.1) is 13.7 Å². The fraction of sp³-hybridized carbons (Fsp3) is 0.667. The van der Waals surface area contributed by atoms with E-state index in [0.717, 1.165) is 38.0 Å². The number of methoxy groups -OCH3 is 1. The lowest BCUT2D eigenvalue weighted by molar-refractivity contribution is -0.142. The van der Waals surface area contributed by atoms with Crippen molar-refractivity contribution in [3.05, 3.63) is 35.4 Å². The van der Waals surface area contributed by atoms with Crippen molar-refractivity contribution in [2.75, 3.05) is 39.8 Å². The van der Waals surface area contributed by atoms with Crippen LogP contribution in [-0.4, -0.2) is 55.6 Å². The van der Waals surface area contributed by atoms with Gasteiger partial charge in [-0.2, -0.15) is 0 Å². The Bertz CT molecular complexity index is 485. The van der Waals surface area contributed by atoms with Crippen LogP contribution in [0, 0.1) is 0 Å². The summed E-state index contributed by atoms with van der Waals surface area (Å²) >= 11 is 0. The van der Waals surface area contributed by atoms with Gasteiger partial charge in [0.25, 0.3) is 0 Å². The molecule has 0 fully saturated rings. The Hall–Kier alpha value is -1.43. The van der Waals surface area contributed by atoms with Crippen LogP contribution in [0.1, 0.15) is 50.7 Å². The van der Waals surface area contributed by atoms with E-state index in [9.17, 15) is 4.79 Å². The Kier molecular flexibility index (Phi) is 11.9. The summed E-state index contributed by atoms with van der Waals surface area (Å²) in [5, 5.41) is 0. The van der Waals surface area contributed by atoms with Gasteiger partial charge in [-0.15, -0.1) is 0 Å². The van der Waals surface area contributed by atoms with Crippen molar-refractivity contribution in [2.24, 2.45) is 5.73 Å². The average Bonchev–Trinajstić information content (AvgIpc) is 2.65. The maximum atomic E-state index is 11.7. The predicted octanol–water partition coefficient (Wildman–Crippen LogP) is 3.02. The first-order valence-corrected chi connectivity index (χ1v) is 9.92. The molecule has 0 saturated carbocycles. The highest BCUT2D eigenvalue weighted by molar-refractivity contribution is 5.71. The molecule has 0 heterocycles. The van der Waals surface area contributed by atoms with E-state index in [2.05, 4.69) is 47.9 Å². The SMILES string of the molecule is CCCN(CCC)CCCCN(CC(=O)OC)Cc1ccc(CN)cc1. The molecule has 0 radical (unpaired) electrons. The Labute approximate surface area is 159 Å². The van der Waals surface area contributed by atoms with Crippen LogP contribution in [0.3, 0.4) is 0 Å². The molecule has 0 aliphatic rings. The van der Waals surface area contributed by atoms with Crippen molar-refractivity contribution < 1.29 is 9.53 Å². The number of hydrogen-bond acceptors (Lipinski definition) is 5. The van der Waals surface area contributed by atoms with Gasteiger partial charge >= 0.3 is 5.97 Å². The fourth-order valence-electron chi connectivity index (χ4n) is 3.14. The number of rotatable bonds is 14. The van der Waals surface area contributed by atoms with Gasteiger partial charge < -0.3 is 15.4 Å². The van der Waals surface area contributed by atoms with Crippen molar-refractivity contribution in [3.8, 4) is 0 Å². The Morgan fingerprint density at radius 2 is 1.46 bits per heavy atom. The van der Waals surface area contributed by atoms with Crippen LogP contribution in [0.25, 0.3) is 0 Å². The van der Waals surface area contributed by atoms with Gasteiger partial charge in [0.2, 0.25) is 0 Å². The highest BCUT2D eigenvalue weighted by Crippen LogP contribution is 2.09. The molecular weight excluding hydrogens is 326 g/mol. The van der Waals surface area contributed by atoms with Crippen molar-refractivity contribution >= 4 is 5.97 Å². The van der Waals surface area contributed by atoms with Crippen LogP contribution in [0.4, 0.5) is 0 Å². The third-order valence-corrected chi connectivity index (χ3v) is 4.52. The van der Waals surface area contributed by atoms with Crippen LogP contribution < -0.4 is 5.73 Å². The van der Waals surface area contributed by atoms with Gasteiger partial charge in [-0.25, -0.2) is 0 Å². The van der Waals surface area contributed by atoms with E-state index in [-0.39, 0.29) is 5.97 Å². The van der Waals surface area contributed by atoms with Crippen molar-refractivity contribution in [1.29, 1.82) is 0 Å². The van der Waals surface area contributed by atoms with Gasteiger partial charge in [0, 0.05) is 13.1 Å². The largest absolute Gasteiger partial charge is 0.468 e. The molecule has 0 unspecified atom stereocenters. The number of carbonyl (C=O) groups is 1. The molecule has 148 valence electrons. The third kappa shape index (κ3) is 9.32. The minimum Gasteiger partial charge on any atom is -0.468 e. The number of esters is 1. The first-order valence-electron chi connectivity index (χ1n) is 9.92. The molecule has 1 aromatic rings. The summed E-state index contributed by atoms with van der Waals surface area (Å²) in [7, 11) is 1.45. The molecule has 2 N–H and O–H groups in total. The van der Waals surface area contributed by atoms with Gasteiger partial charge in [-0.3, -0.25) is 9.69 Å². The van der Waals surface area contributed by atoms with Gasteiger partial charge in [0.1, 0.15) is 0 Å². The van der Waals surface area contributed by atoms with Crippen LogP contribution in [0.5, 0.6) is 0 Å². The van der Waals surface area contributed by atoms with E-state index in [4.69, 9.17) is 10.5 Å². The van der Waals surface area contributed by atoms with E-state index in [1.54, 1.807) is 0 Å². The van der Waals surface area contributed by atoms with Crippen molar-refractivity contribution in [2.45, 2.75) is 52.6 Å². The van der Waals surface area contributed by atoms with E-state index >= 15 is 0 Å². The first kappa shape index (κ1) is 22.6. The lowest BCUT2D eigenvalue weighted by Gasteiger charge is -2.23. The smallest absolute Gasteiger partial charge is 0.319 e. The molecule has 0 aliphatic heterocycles. The second-order valence-corrected chi connectivity index (χ2v) is 6.86. The second-order valence-electron chi connectivity index (χ2n) is 6.86. The fourth-order valence-corrected chi connectivity index (χ4v) is 3.14. The van der Waals surface area contributed by atoms with Crippen molar-refractivity contribution in [3.63, 3.8) is 0 Å². The van der Waals surface area contributed by atoms with E-state index in [1.165, 1.54) is 38.6 Å². The molecule has 0 spiro atoms. The normalized spacial score (nSPS) is 11.3. The third-order valence-electron chi connectivity index (χ3n) is 4.52. The van der Waals surface area contributed by atoms with Crippen LogP contribution in [0.2, 0.25) is 0 Å². The lowest BCUT2D eigenvalue weighted by Crippen LogP contribution is -2.32. The minimum atomic E-state index is -0.179. The van der Waals surface area contributed by atoms with Gasteiger partial charge in [-0.1, -0.05) is 38.1 Å². The van der Waals surface area contributed by atoms with E-state index < -0.39 is 0 Å². The number of nitrogens with zero attached hydrogens (tertiary/aromatic N) is 2. The van der Waals surface area contributed by atoms with E-state index in [1.807, 2.05) is 0 Å². The molecule has 26 heavy (non-hydrogen) atoms. The molecule has 5 nitrogen and oxygen atoms in total. The summed E-state index contributed by atoms with van der Waals surface area (Å²) in [6.07, 6.45) is 4.64. The quantitative estimate of drug-likeness (QED) is 0.407. The van der Waals surface area contributed by atoms with Gasteiger partial charge in [-0.05, 0) is 63.0 Å². The summed E-state index contributed by atoms with van der Waals surface area (Å²) in [6, 6.07) is 8.30. The predicted molar refractivity (Wildman–Crippen MR) is 108 cm³/mol. The van der Waals surface area contributed by atoms with Crippen molar-refractivity contribution in [1.82, 2.24) is 9.80 Å². The Morgan fingerprint density at radius 1 is 0.923 bits per heavy atom. The number of ether oxygens (including phenoxy) is 1. The highest BCUT2D eigenvalue weighted by Gasteiger charge is 2.12. The molecule has 0 bridgehead atoms. The molecule has 0 aliphatic carbocycles. The number of unbranched alkanes of at least 4 members (excludes halogenated alkanes) is 1. The standard InChI is InChI=1S/C21H37N3O2/c1-4-12-23(13-5-2)14-6-7-15-24(18-21(25)26-3)17-20-10-8-19(16-22)9-11-20/h8-11H,4-7,12-18,22H2,1-3H3. The van der Waals surface area contributed by atoms with Gasteiger partial charge in [0.15, 0.2) is 0 Å². The zero-order valence-electron chi connectivity index (χ0n) is 16.9. The van der Waals surface area contributed by atoms with Crippen LogP contribution in [-0.2, 0) is 22.6 Å². The summed E-state index contributed by atoms with van der Waals surface area (Å²) in [4.78, 5) is 16.4. The number of nitrogens with two attached hydrogens (primary N) is 1. The number of hydrogen-bond donors (Lipinski definition) is 1. The maximum Gasteiger partial charge on any atom is 0.319 e. The molecule has 0 atom stereocenters. The van der Waals surface area contributed by atoms with Crippen LogP contribution >= 0.6 is 0 Å². The molecule has 0 amide bonds. The Balaban J connectivity index is 2.50. The minimum absolute atomic E-state index is 0.179. The molecule has 0 aromatic heterocycles. The van der Waals surface area contributed by atoms with E-state index in [0.29, 0.717) is 13.1 Å². The number of benzene rings is 1. The molecule has 1 aromatic carbocycles. The zero-order chi connectivity index (χ0) is 19.2. The molecule has 5 heteroatoms. The zero-order valence-corrected chi connectivity index (χ0v) is 16.9. The summed E-state index contributed by atoms with van der Waals surface area (Å²) in [5.41, 5.74) is 7.98. The molecular formula is C21H37N3O2. The second kappa shape index (κ2) is 13.7. The van der Waals surface area contributed by atoms with Crippen LogP contribution in [0.15, 0.2) is 24.3 Å². The topological polar surface area (TPSA) is 58.8 Å². The highest BCUT2D eigenvalue weighted by atomic mass is 16.5. The summed E-state index contributed by atoms with van der Waals surface area (Å²) < 4.78 is 4.86. The lowest BCUT2D eigenvalue weighted by atomic mass is 10.1. The monoisotopic (exact) mass is 363 g/mol. The summed E-state index contributed by atoms with van der Waals surface area (Å²) in [6.45, 7) is 10.5. The first-order chi connectivity index (χ1) is 12.6. The maximum absolute atomic E-state index is 11.7. The Morgan fingerprint density at radius 3 is 1.96 bits per heavy atom. The summed E-state index contributed by atoms with van der Waals surface area (Å²) in [5.74, 6) is -0.179. The molecule has 1 rings (SSSR count). The molecule has 0 saturated heterocycles. The average molecular weight is 364 g/mol.